The van der Waals surface area contributed by atoms with Gasteiger partial charge in [0.15, 0.2) is 0 Å². The van der Waals surface area contributed by atoms with Gasteiger partial charge in [-0.3, -0.25) is 0 Å². The summed E-state index contributed by atoms with van der Waals surface area (Å²) in [4.78, 5) is 10.9. The van der Waals surface area contributed by atoms with Crippen molar-refractivity contribution in [1.29, 1.82) is 0 Å². The Labute approximate surface area is 86.5 Å². The van der Waals surface area contributed by atoms with Crippen LogP contribution in [0.4, 0.5) is 0 Å². The van der Waals surface area contributed by atoms with Gasteiger partial charge in [-0.25, -0.2) is 4.79 Å². The molecule has 0 rings (SSSR count). The summed E-state index contributed by atoms with van der Waals surface area (Å²) in [5.74, 6) is -0.499. The van der Waals surface area contributed by atoms with Crippen LogP contribution in [0.15, 0.2) is 11.4 Å². The number of allylic oxidation sites excluding steroid dienone is 1. The summed E-state index contributed by atoms with van der Waals surface area (Å²) in [7, 11) is 1.30. The van der Waals surface area contributed by atoms with Crippen molar-refractivity contribution in [3.8, 4) is 0 Å². The Bertz CT molecular complexity index is 198. The topological polar surface area (TPSA) is 64.3 Å². The van der Waals surface area contributed by atoms with E-state index >= 15 is 0 Å². The van der Waals surface area contributed by atoms with Gasteiger partial charge in [-0.15, -0.1) is 0 Å². The van der Waals surface area contributed by atoms with E-state index in [0.717, 1.165) is 0 Å². The Hall–Kier alpha value is -1.19. The number of rotatable bonds is 3. The predicted molar refractivity (Wildman–Crippen MR) is 58.5 cm³/mol. The van der Waals surface area contributed by atoms with Gasteiger partial charge in [0.25, 0.3) is 0 Å². The van der Waals surface area contributed by atoms with Crippen molar-refractivity contribution in [3.63, 3.8) is 0 Å². The number of nitrogens with two attached hydrogens (primary N) is 1. The largest absolute Gasteiger partial charge is 0.464 e. The number of carbonyl (C=O) groups is 1. The molecule has 0 atom stereocenters. The molecular formula is C10H22N2O2. The number of carbonyl (C=O) groups excluding carboxylic acids is 1. The molecule has 0 amide bonds. The Morgan fingerprint density at radius 1 is 1.36 bits per heavy atom. The summed E-state index contributed by atoms with van der Waals surface area (Å²) in [5.41, 5.74) is 6.24. The molecule has 84 valence electrons. The molecule has 3 N–H and O–H groups in total. The summed E-state index contributed by atoms with van der Waals surface area (Å²) >= 11 is 0. The zero-order valence-electron chi connectivity index (χ0n) is 9.97. The standard InChI is InChI=1S/C8H16N2O2.C2H6/c1-5(2)10-6(3)7(9)8(11)12-4;1-2/h5,10H,9H2,1-4H3;1-2H3/b7-6-;. The summed E-state index contributed by atoms with van der Waals surface area (Å²) < 4.78 is 4.45. The van der Waals surface area contributed by atoms with Crippen molar-refractivity contribution < 1.29 is 9.53 Å². The maximum atomic E-state index is 10.9. The second kappa shape index (κ2) is 8.41. The first-order valence-corrected chi connectivity index (χ1v) is 4.80. The van der Waals surface area contributed by atoms with Crippen LogP contribution < -0.4 is 11.1 Å². The van der Waals surface area contributed by atoms with Crippen molar-refractivity contribution in [2.75, 3.05) is 7.11 Å². The highest BCUT2D eigenvalue weighted by molar-refractivity contribution is 5.87. The number of nitrogens with one attached hydrogen (secondary N) is 1. The number of ether oxygens (including phenoxy) is 1. The van der Waals surface area contributed by atoms with Crippen molar-refractivity contribution in [2.45, 2.75) is 40.7 Å². The predicted octanol–water partition coefficient (Wildman–Crippen LogP) is 1.37. The Morgan fingerprint density at radius 3 is 2.07 bits per heavy atom. The molecule has 0 bridgehead atoms. The van der Waals surface area contributed by atoms with Gasteiger partial charge in [0.05, 0.1) is 7.11 Å². The lowest BCUT2D eigenvalue weighted by Crippen LogP contribution is -2.26. The van der Waals surface area contributed by atoms with Crippen LogP contribution in [0.2, 0.25) is 0 Å². The monoisotopic (exact) mass is 202 g/mol. The second-order valence-electron chi connectivity index (χ2n) is 2.83. The van der Waals surface area contributed by atoms with E-state index in [1.165, 1.54) is 7.11 Å². The molecule has 4 nitrogen and oxygen atoms in total. The molecule has 0 radical (unpaired) electrons. The van der Waals surface area contributed by atoms with Crippen molar-refractivity contribution in [1.82, 2.24) is 5.32 Å². The van der Waals surface area contributed by atoms with E-state index in [1.807, 2.05) is 27.7 Å². The molecule has 0 heterocycles. The Kier molecular flexibility index (Phi) is 9.18. The fourth-order valence-corrected chi connectivity index (χ4v) is 0.774. The van der Waals surface area contributed by atoms with Gasteiger partial charge < -0.3 is 15.8 Å². The van der Waals surface area contributed by atoms with Crippen LogP contribution in [0.3, 0.4) is 0 Å². The molecule has 0 aromatic rings. The van der Waals surface area contributed by atoms with Gasteiger partial charge in [0.1, 0.15) is 5.70 Å². The van der Waals surface area contributed by atoms with E-state index in [2.05, 4.69) is 10.1 Å². The molecule has 0 aromatic carbocycles. The lowest BCUT2D eigenvalue weighted by molar-refractivity contribution is -0.136. The van der Waals surface area contributed by atoms with Gasteiger partial charge in [-0.1, -0.05) is 13.8 Å². The number of methoxy groups -OCH3 is 1. The van der Waals surface area contributed by atoms with E-state index in [-0.39, 0.29) is 11.7 Å². The summed E-state index contributed by atoms with van der Waals surface area (Å²) in [6.45, 7) is 9.67. The van der Waals surface area contributed by atoms with Crippen molar-refractivity contribution >= 4 is 5.97 Å². The highest BCUT2D eigenvalue weighted by atomic mass is 16.5. The fraction of sp³-hybridized carbons (Fsp3) is 0.700. The summed E-state index contributed by atoms with van der Waals surface area (Å²) in [5, 5.41) is 3.01. The molecule has 0 saturated carbocycles. The molecule has 0 aromatic heterocycles. The normalized spacial score (nSPS) is 11.1. The van der Waals surface area contributed by atoms with Gasteiger partial charge in [-0.2, -0.15) is 0 Å². The summed E-state index contributed by atoms with van der Waals surface area (Å²) in [6, 6.07) is 0.258. The Balaban J connectivity index is 0. The first-order valence-electron chi connectivity index (χ1n) is 4.80. The van der Waals surface area contributed by atoms with E-state index in [9.17, 15) is 4.79 Å². The number of hydrogen-bond donors (Lipinski definition) is 2. The molecule has 4 heteroatoms. The van der Waals surface area contributed by atoms with Crippen LogP contribution in [-0.4, -0.2) is 19.1 Å². The molecule has 14 heavy (non-hydrogen) atoms. The average molecular weight is 202 g/mol. The highest BCUT2D eigenvalue weighted by Crippen LogP contribution is 1.97. The summed E-state index contributed by atoms with van der Waals surface area (Å²) in [6.07, 6.45) is 0. The molecular weight excluding hydrogens is 180 g/mol. The van der Waals surface area contributed by atoms with Crippen LogP contribution in [-0.2, 0) is 9.53 Å². The highest BCUT2D eigenvalue weighted by Gasteiger charge is 2.08. The van der Waals surface area contributed by atoms with Crippen LogP contribution >= 0.6 is 0 Å². The van der Waals surface area contributed by atoms with E-state index in [1.54, 1.807) is 6.92 Å². The van der Waals surface area contributed by atoms with Crippen LogP contribution in [0.25, 0.3) is 0 Å². The zero-order chi connectivity index (χ0) is 11.7. The molecule has 0 aliphatic rings. The second-order valence-corrected chi connectivity index (χ2v) is 2.83. The van der Waals surface area contributed by atoms with Crippen molar-refractivity contribution in [2.24, 2.45) is 5.73 Å². The lowest BCUT2D eigenvalue weighted by atomic mass is 10.3. The quantitative estimate of drug-likeness (QED) is 0.536. The SMILES string of the molecule is CC.COC(=O)/C(N)=C(\C)NC(C)C. The molecule has 0 aliphatic heterocycles. The fourth-order valence-electron chi connectivity index (χ4n) is 0.774. The molecule has 0 saturated heterocycles. The smallest absolute Gasteiger partial charge is 0.355 e. The molecule has 0 fully saturated rings. The van der Waals surface area contributed by atoms with Gasteiger partial charge in [0, 0.05) is 11.7 Å². The van der Waals surface area contributed by atoms with E-state index in [4.69, 9.17) is 5.73 Å². The number of esters is 1. The van der Waals surface area contributed by atoms with Gasteiger partial charge in [0.2, 0.25) is 0 Å². The maximum Gasteiger partial charge on any atom is 0.355 e. The zero-order valence-corrected chi connectivity index (χ0v) is 9.97. The van der Waals surface area contributed by atoms with Crippen molar-refractivity contribution in [3.05, 3.63) is 11.4 Å². The molecule has 0 spiro atoms. The third kappa shape index (κ3) is 6.34. The average Bonchev–Trinajstić information content (AvgIpc) is 2.17. The maximum absolute atomic E-state index is 10.9. The van der Waals surface area contributed by atoms with Crippen LogP contribution in [0, 0.1) is 0 Å². The lowest BCUT2D eigenvalue weighted by Gasteiger charge is -2.11. The molecule has 0 unspecified atom stereocenters. The minimum atomic E-state index is -0.499. The molecule has 0 aliphatic carbocycles. The van der Waals surface area contributed by atoms with Gasteiger partial charge >= 0.3 is 5.97 Å². The minimum absolute atomic E-state index is 0.131. The Morgan fingerprint density at radius 2 is 1.79 bits per heavy atom. The third-order valence-electron chi connectivity index (χ3n) is 1.31. The third-order valence-corrected chi connectivity index (χ3v) is 1.31. The first kappa shape index (κ1) is 15.3. The van der Waals surface area contributed by atoms with Crippen LogP contribution in [0.1, 0.15) is 34.6 Å². The van der Waals surface area contributed by atoms with Gasteiger partial charge in [-0.05, 0) is 20.8 Å². The first-order chi connectivity index (χ1) is 6.49. The van der Waals surface area contributed by atoms with E-state index < -0.39 is 5.97 Å². The van der Waals surface area contributed by atoms with E-state index in [0.29, 0.717) is 5.70 Å². The minimum Gasteiger partial charge on any atom is -0.464 e. The number of hydrogen-bond acceptors (Lipinski definition) is 4. The van der Waals surface area contributed by atoms with Crippen LogP contribution in [0.5, 0.6) is 0 Å².